The standard InChI is InChI=1S/C26H30N2O4S/c1-17(2)22-16-25(18(3)15-24(22)32-5)33(30,31)28-23-14-10-9-13-21(23)26(29)27-19(4)20-11-7-6-8-12-20/h6-17,19,28H,1-5H3,(H,27,29)/t19-/m1/s1. The van der Waals surface area contributed by atoms with Crippen LogP contribution in [0.2, 0.25) is 0 Å². The van der Waals surface area contributed by atoms with Crippen molar-refractivity contribution in [2.75, 3.05) is 11.8 Å². The van der Waals surface area contributed by atoms with Crippen LogP contribution in [-0.4, -0.2) is 21.4 Å². The Morgan fingerprint density at radius 1 is 0.939 bits per heavy atom. The Bertz CT molecular complexity index is 1240. The lowest BCUT2D eigenvalue weighted by Crippen LogP contribution is -2.28. The van der Waals surface area contributed by atoms with Gasteiger partial charge in [-0.2, -0.15) is 0 Å². The highest BCUT2D eigenvalue weighted by molar-refractivity contribution is 7.92. The lowest BCUT2D eigenvalue weighted by molar-refractivity contribution is 0.0941. The van der Waals surface area contributed by atoms with Gasteiger partial charge in [0.1, 0.15) is 5.75 Å². The zero-order valence-electron chi connectivity index (χ0n) is 19.5. The molecule has 0 aliphatic rings. The molecule has 0 saturated carbocycles. The first kappa shape index (κ1) is 24.3. The molecule has 33 heavy (non-hydrogen) atoms. The van der Waals surface area contributed by atoms with Gasteiger partial charge in [0.2, 0.25) is 0 Å². The minimum absolute atomic E-state index is 0.0760. The van der Waals surface area contributed by atoms with Gasteiger partial charge in [0.25, 0.3) is 15.9 Å². The van der Waals surface area contributed by atoms with E-state index < -0.39 is 10.0 Å². The maximum atomic E-state index is 13.3. The Kier molecular flexibility index (Phi) is 7.43. The van der Waals surface area contributed by atoms with E-state index in [0.29, 0.717) is 11.3 Å². The number of amides is 1. The van der Waals surface area contributed by atoms with Crippen molar-refractivity contribution in [2.24, 2.45) is 0 Å². The number of hydrogen-bond acceptors (Lipinski definition) is 4. The van der Waals surface area contributed by atoms with Crippen LogP contribution in [0.25, 0.3) is 0 Å². The number of nitrogens with one attached hydrogen (secondary N) is 2. The van der Waals surface area contributed by atoms with Crippen molar-refractivity contribution in [3.05, 3.63) is 89.0 Å². The summed E-state index contributed by atoms with van der Waals surface area (Å²) in [4.78, 5) is 13.2. The summed E-state index contributed by atoms with van der Waals surface area (Å²) in [6.07, 6.45) is 0. The number of hydrogen-bond donors (Lipinski definition) is 2. The molecule has 0 aliphatic carbocycles. The molecule has 0 unspecified atom stereocenters. The molecule has 1 amide bonds. The smallest absolute Gasteiger partial charge is 0.262 e. The van der Waals surface area contributed by atoms with Gasteiger partial charge in [0.15, 0.2) is 0 Å². The first-order valence-corrected chi connectivity index (χ1v) is 12.3. The first-order chi connectivity index (χ1) is 15.6. The van der Waals surface area contributed by atoms with Gasteiger partial charge in [0.05, 0.1) is 29.3 Å². The maximum Gasteiger partial charge on any atom is 0.262 e. The van der Waals surface area contributed by atoms with Gasteiger partial charge in [-0.05, 0) is 60.7 Å². The van der Waals surface area contributed by atoms with Crippen LogP contribution in [0.5, 0.6) is 5.75 Å². The molecule has 0 radical (unpaired) electrons. The SMILES string of the molecule is COc1cc(C)c(S(=O)(=O)Nc2ccccc2C(=O)N[C@H](C)c2ccccc2)cc1C(C)C. The number of carbonyl (C=O) groups is 1. The lowest BCUT2D eigenvalue weighted by atomic mass is 10.0. The Labute approximate surface area is 196 Å². The summed E-state index contributed by atoms with van der Waals surface area (Å²) in [6, 6.07) is 19.3. The molecule has 0 saturated heterocycles. The molecule has 0 spiro atoms. The Hall–Kier alpha value is -3.32. The predicted molar refractivity (Wildman–Crippen MR) is 131 cm³/mol. The average molecular weight is 467 g/mol. The number of methoxy groups -OCH3 is 1. The monoisotopic (exact) mass is 466 g/mol. The molecular formula is C26H30N2O4S. The highest BCUT2D eigenvalue weighted by Gasteiger charge is 2.23. The molecule has 6 nitrogen and oxygen atoms in total. The van der Waals surface area contributed by atoms with Crippen molar-refractivity contribution in [2.45, 2.75) is 44.6 Å². The zero-order valence-corrected chi connectivity index (χ0v) is 20.4. The van der Waals surface area contributed by atoms with E-state index in [1.807, 2.05) is 51.1 Å². The molecule has 0 aromatic heterocycles. The topological polar surface area (TPSA) is 84.5 Å². The van der Waals surface area contributed by atoms with Crippen molar-refractivity contribution in [1.29, 1.82) is 0 Å². The minimum Gasteiger partial charge on any atom is -0.496 e. The van der Waals surface area contributed by atoms with Gasteiger partial charge in [-0.15, -0.1) is 0 Å². The molecule has 3 rings (SSSR count). The molecule has 2 N–H and O–H groups in total. The highest BCUT2D eigenvalue weighted by Crippen LogP contribution is 2.32. The van der Waals surface area contributed by atoms with Crippen molar-refractivity contribution in [3.8, 4) is 5.75 Å². The van der Waals surface area contributed by atoms with Gasteiger partial charge < -0.3 is 10.1 Å². The lowest BCUT2D eigenvalue weighted by Gasteiger charge is -2.19. The van der Waals surface area contributed by atoms with Crippen LogP contribution in [0.15, 0.2) is 71.6 Å². The number of rotatable bonds is 8. The predicted octanol–water partition coefficient (Wildman–Crippen LogP) is 5.42. The number of sulfonamides is 1. The summed E-state index contributed by atoms with van der Waals surface area (Å²) in [5.41, 5.74) is 2.78. The number of carbonyl (C=O) groups excluding carboxylic acids is 1. The number of benzene rings is 3. The van der Waals surface area contributed by atoms with Gasteiger partial charge in [-0.25, -0.2) is 8.42 Å². The Balaban J connectivity index is 1.92. The second-order valence-electron chi connectivity index (χ2n) is 8.27. The molecule has 0 bridgehead atoms. The normalized spacial score (nSPS) is 12.3. The van der Waals surface area contributed by atoms with E-state index in [-0.39, 0.29) is 34.0 Å². The van der Waals surface area contributed by atoms with Gasteiger partial charge in [-0.3, -0.25) is 9.52 Å². The van der Waals surface area contributed by atoms with E-state index in [9.17, 15) is 13.2 Å². The van der Waals surface area contributed by atoms with Crippen LogP contribution in [0, 0.1) is 6.92 Å². The second kappa shape index (κ2) is 10.1. The number of para-hydroxylation sites is 1. The molecule has 174 valence electrons. The third-order valence-electron chi connectivity index (χ3n) is 5.50. The molecule has 3 aromatic rings. The summed E-state index contributed by atoms with van der Waals surface area (Å²) in [5.74, 6) is 0.363. The fourth-order valence-electron chi connectivity index (χ4n) is 3.66. The van der Waals surface area contributed by atoms with Crippen LogP contribution >= 0.6 is 0 Å². The fourth-order valence-corrected chi connectivity index (χ4v) is 5.01. The Morgan fingerprint density at radius 2 is 1.58 bits per heavy atom. The van der Waals surface area contributed by atoms with Crippen LogP contribution in [0.1, 0.15) is 59.8 Å². The van der Waals surface area contributed by atoms with E-state index >= 15 is 0 Å². The maximum absolute atomic E-state index is 13.3. The third-order valence-corrected chi connectivity index (χ3v) is 7.01. The summed E-state index contributed by atoms with van der Waals surface area (Å²) in [6.45, 7) is 7.56. The summed E-state index contributed by atoms with van der Waals surface area (Å²) in [5, 5.41) is 2.94. The van der Waals surface area contributed by atoms with E-state index in [1.54, 1.807) is 50.4 Å². The quantitative estimate of drug-likeness (QED) is 0.464. The number of ether oxygens (including phenoxy) is 1. The molecule has 0 heterocycles. The van der Waals surface area contributed by atoms with Crippen molar-refractivity contribution in [3.63, 3.8) is 0 Å². The molecular weight excluding hydrogens is 436 g/mol. The Morgan fingerprint density at radius 3 is 2.21 bits per heavy atom. The molecule has 7 heteroatoms. The largest absolute Gasteiger partial charge is 0.496 e. The average Bonchev–Trinajstić information content (AvgIpc) is 2.79. The van der Waals surface area contributed by atoms with Crippen molar-refractivity contribution >= 4 is 21.6 Å². The zero-order chi connectivity index (χ0) is 24.2. The van der Waals surface area contributed by atoms with Gasteiger partial charge in [0, 0.05) is 0 Å². The van der Waals surface area contributed by atoms with Crippen LogP contribution in [0.3, 0.4) is 0 Å². The van der Waals surface area contributed by atoms with Gasteiger partial charge >= 0.3 is 0 Å². The first-order valence-electron chi connectivity index (χ1n) is 10.8. The van der Waals surface area contributed by atoms with Crippen LogP contribution in [0.4, 0.5) is 5.69 Å². The van der Waals surface area contributed by atoms with E-state index in [0.717, 1.165) is 11.1 Å². The summed E-state index contributed by atoms with van der Waals surface area (Å²) < 4.78 is 34.7. The number of aryl methyl sites for hydroxylation is 1. The minimum atomic E-state index is -3.95. The van der Waals surface area contributed by atoms with Gasteiger partial charge in [-0.1, -0.05) is 56.3 Å². The summed E-state index contributed by atoms with van der Waals surface area (Å²) in [7, 11) is -2.38. The summed E-state index contributed by atoms with van der Waals surface area (Å²) >= 11 is 0. The van der Waals surface area contributed by atoms with Crippen LogP contribution < -0.4 is 14.8 Å². The van der Waals surface area contributed by atoms with E-state index in [2.05, 4.69) is 10.0 Å². The fraction of sp³-hybridized carbons (Fsp3) is 0.269. The van der Waals surface area contributed by atoms with E-state index in [1.165, 1.54) is 0 Å². The molecule has 1 atom stereocenters. The highest BCUT2D eigenvalue weighted by atomic mass is 32.2. The van der Waals surface area contributed by atoms with Crippen molar-refractivity contribution in [1.82, 2.24) is 5.32 Å². The third kappa shape index (κ3) is 5.54. The second-order valence-corrected chi connectivity index (χ2v) is 9.92. The molecule has 0 fully saturated rings. The number of anilines is 1. The van der Waals surface area contributed by atoms with E-state index in [4.69, 9.17) is 4.74 Å². The molecule has 0 aliphatic heterocycles. The van der Waals surface area contributed by atoms with Crippen molar-refractivity contribution < 1.29 is 17.9 Å². The van der Waals surface area contributed by atoms with Crippen LogP contribution in [-0.2, 0) is 10.0 Å². The molecule has 3 aromatic carbocycles.